The number of benzene rings is 2. The molecule has 5 heteroatoms. The topological polar surface area (TPSA) is 56.1 Å². The number of amides is 1. The molecule has 0 aliphatic heterocycles. The number of nitrogens with one attached hydrogen (secondary N) is 1. The zero-order chi connectivity index (χ0) is 17.7. The Labute approximate surface area is 141 Å². The third-order valence-corrected chi connectivity index (χ3v) is 3.93. The lowest BCUT2D eigenvalue weighted by Gasteiger charge is -2.22. The molecule has 0 heterocycles. The molecule has 0 bridgehead atoms. The Bertz CT molecular complexity index is 792. The van der Waals surface area contributed by atoms with Crippen molar-refractivity contribution >= 4 is 17.3 Å². The van der Waals surface area contributed by atoms with Crippen LogP contribution in [0.3, 0.4) is 0 Å². The van der Waals surface area contributed by atoms with Crippen molar-refractivity contribution in [3.63, 3.8) is 0 Å². The van der Waals surface area contributed by atoms with Crippen molar-refractivity contribution in [3.05, 3.63) is 58.9 Å². The van der Waals surface area contributed by atoms with Gasteiger partial charge in [0.05, 0.1) is 17.2 Å². The van der Waals surface area contributed by atoms with Crippen molar-refractivity contribution in [3.8, 4) is 6.07 Å². The molecule has 0 aliphatic rings. The fraction of sp³-hybridized carbons (Fsp3) is 0.263. The standard InChI is InChI=1S/C19H20FN3O/c1-4-23(5-2)15-7-9-18(13(3)10-15)22-19(24)16-8-6-14(12-21)11-17(16)20/h6-11H,4-5H2,1-3H3,(H,22,24). The summed E-state index contributed by atoms with van der Waals surface area (Å²) in [6, 6.07) is 11.4. The first-order valence-corrected chi connectivity index (χ1v) is 7.86. The van der Waals surface area contributed by atoms with Crippen molar-refractivity contribution in [1.29, 1.82) is 5.26 Å². The van der Waals surface area contributed by atoms with Gasteiger partial charge in [0.1, 0.15) is 5.82 Å². The molecule has 0 fully saturated rings. The molecule has 1 N–H and O–H groups in total. The fourth-order valence-electron chi connectivity index (χ4n) is 2.53. The largest absolute Gasteiger partial charge is 0.372 e. The molecule has 24 heavy (non-hydrogen) atoms. The predicted octanol–water partition coefficient (Wildman–Crippen LogP) is 4.10. The predicted molar refractivity (Wildman–Crippen MR) is 93.8 cm³/mol. The van der Waals surface area contributed by atoms with Crippen LogP contribution in [0.1, 0.15) is 35.3 Å². The number of rotatable bonds is 5. The lowest BCUT2D eigenvalue weighted by molar-refractivity contribution is 0.102. The summed E-state index contributed by atoms with van der Waals surface area (Å²) in [5, 5.41) is 11.5. The number of anilines is 2. The third kappa shape index (κ3) is 3.72. The van der Waals surface area contributed by atoms with Crippen molar-refractivity contribution in [1.82, 2.24) is 0 Å². The van der Waals surface area contributed by atoms with E-state index in [9.17, 15) is 9.18 Å². The Hall–Kier alpha value is -2.87. The monoisotopic (exact) mass is 325 g/mol. The average Bonchev–Trinajstić information content (AvgIpc) is 2.58. The molecule has 2 rings (SSSR count). The van der Waals surface area contributed by atoms with E-state index in [0.717, 1.165) is 30.4 Å². The molecule has 0 radical (unpaired) electrons. The maximum absolute atomic E-state index is 13.9. The first kappa shape index (κ1) is 17.5. The maximum atomic E-state index is 13.9. The zero-order valence-electron chi connectivity index (χ0n) is 14.1. The van der Waals surface area contributed by atoms with E-state index in [4.69, 9.17) is 5.26 Å². The molecule has 0 aliphatic carbocycles. The van der Waals surface area contributed by atoms with E-state index in [1.54, 1.807) is 0 Å². The van der Waals surface area contributed by atoms with Gasteiger partial charge in [-0.05, 0) is 62.7 Å². The van der Waals surface area contributed by atoms with E-state index in [0.29, 0.717) is 5.69 Å². The molecule has 0 atom stereocenters. The Balaban J connectivity index is 2.22. The summed E-state index contributed by atoms with van der Waals surface area (Å²) < 4.78 is 13.9. The first-order valence-electron chi connectivity index (χ1n) is 7.86. The second-order valence-electron chi connectivity index (χ2n) is 5.43. The number of nitriles is 1. The van der Waals surface area contributed by atoms with Gasteiger partial charge in [0.25, 0.3) is 5.91 Å². The molecular formula is C19H20FN3O. The average molecular weight is 325 g/mol. The highest BCUT2D eigenvalue weighted by atomic mass is 19.1. The van der Waals surface area contributed by atoms with Gasteiger partial charge in [-0.1, -0.05) is 0 Å². The summed E-state index contributed by atoms with van der Waals surface area (Å²) in [5.74, 6) is -1.24. The van der Waals surface area contributed by atoms with E-state index in [2.05, 4.69) is 24.1 Å². The van der Waals surface area contributed by atoms with Crippen molar-refractivity contribution in [2.24, 2.45) is 0 Å². The quantitative estimate of drug-likeness (QED) is 0.900. The number of hydrogen-bond donors (Lipinski definition) is 1. The van der Waals surface area contributed by atoms with Crippen LogP contribution in [0, 0.1) is 24.1 Å². The lowest BCUT2D eigenvalue weighted by atomic mass is 10.1. The van der Waals surface area contributed by atoms with Gasteiger partial charge in [0.2, 0.25) is 0 Å². The Morgan fingerprint density at radius 2 is 1.92 bits per heavy atom. The molecule has 0 aromatic heterocycles. The summed E-state index contributed by atoms with van der Waals surface area (Å²) in [6.45, 7) is 7.87. The smallest absolute Gasteiger partial charge is 0.258 e. The van der Waals surface area contributed by atoms with Gasteiger partial charge in [-0.2, -0.15) is 5.26 Å². The van der Waals surface area contributed by atoms with E-state index < -0.39 is 11.7 Å². The van der Waals surface area contributed by atoms with Crippen LogP contribution in [0.2, 0.25) is 0 Å². The highest BCUT2D eigenvalue weighted by Gasteiger charge is 2.14. The molecule has 2 aromatic rings. The SMILES string of the molecule is CCN(CC)c1ccc(NC(=O)c2ccc(C#N)cc2F)c(C)c1. The second-order valence-corrected chi connectivity index (χ2v) is 5.43. The van der Waals surface area contributed by atoms with Crippen molar-refractivity contribution in [2.45, 2.75) is 20.8 Å². The maximum Gasteiger partial charge on any atom is 0.258 e. The molecule has 0 saturated heterocycles. The van der Waals surface area contributed by atoms with Gasteiger partial charge < -0.3 is 10.2 Å². The Morgan fingerprint density at radius 1 is 1.21 bits per heavy atom. The number of hydrogen-bond acceptors (Lipinski definition) is 3. The van der Waals surface area contributed by atoms with Gasteiger partial charge in [-0.3, -0.25) is 4.79 Å². The summed E-state index contributed by atoms with van der Waals surface area (Å²) in [7, 11) is 0. The van der Waals surface area contributed by atoms with Gasteiger partial charge in [0, 0.05) is 24.5 Å². The zero-order valence-corrected chi connectivity index (χ0v) is 14.1. The second kappa shape index (κ2) is 7.60. The van der Waals surface area contributed by atoms with Crippen LogP contribution < -0.4 is 10.2 Å². The number of nitrogens with zero attached hydrogens (tertiary/aromatic N) is 2. The molecule has 4 nitrogen and oxygen atoms in total. The van der Waals surface area contributed by atoms with Crippen LogP contribution in [-0.4, -0.2) is 19.0 Å². The molecular weight excluding hydrogens is 305 g/mol. The minimum Gasteiger partial charge on any atom is -0.372 e. The van der Waals surface area contributed by atoms with Crippen LogP contribution in [0.5, 0.6) is 0 Å². The van der Waals surface area contributed by atoms with Crippen LogP contribution in [0.25, 0.3) is 0 Å². The van der Waals surface area contributed by atoms with Gasteiger partial charge >= 0.3 is 0 Å². The van der Waals surface area contributed by atoms with Crippen molar-refractivity contribution < 1.29 is 9.18 Å². The first-order chi connectivity index (χ1) is 11.5. The van der Waals surface area contributed by atoms with Crippen LogP contribution >= 0.6 is 0 Å². The summed E-state index contributed by atoms with van der Waals surface area (Å²) >= 11 is 0. The molecule has 2 aromatic carbocycles. The summed E-state index contributed by atoms with van der Waals surface area (Å²) in [6.07, 6.45) is 0. The van der Waals surface area contributed by atoms with Gasteiger partial charge in [-0.15, -0.1) is 0 Å². The Morgan fingerprint density at radius 3 is 2.46 bits per heavy atom. The molecule has 0 saturated carbocycles. The van der Waals surface area contributed by atoms with E-state index in [1.807, 2.05) is 31.2 Å². The van der Waals surface area contributed by atoms with E-state index in [1.165, 1.54) is 12.1 Å². The highest BCUT2D eigenvalue weighted by Crippen LogP contribution is 2.23. The fourth-order valence-corrected chi connectivity index (χ4v) is 2.53. The lowest BCUT2D eigenvalue weighted by Crippen LogP contribution is -2.22. The van der Waals surface area contributed by atoms with Crippen LogP contribution in [0.15, 0.2) is 36.4 Å². The van der Waals surface area contributed by atoms with E-state index in [-0.39, 0.29) is 11.1 Å². The van der Waals surface area contributed by atoms with Gasteiger partial charge in [-0.25, -0.2) is 4.39 Å². The number of carbonyl (C=O) groups excluding carboxylic acids is 1. The number of carbonyl (C=O) groups is 1. The van der Waals surface area contributed by atoms with Crippen LogP contribution in [-0.2, 0) is 0 Å². The molecule has 0 spiro atoms. The summed E-state index contributed by atoms with van der Waals surface area (Å²) in [5.41, 5.74) is 2.73. The molecule has 1 amide bonds. The third-order valence-electron chi connectivity index (χ3n) is 3.93. The normalized spacial score (nSPS) is 10.1. The number of aryl methyl sites for hydroxylation is 1. The summed E-state index contributed by atoms with van der Waals surface area (Å²) in [4.78, 5) is 14.5. The molecule has 124 valence electrons. The minimum absolute atomic E-state index is 0.0822. The number of halogens is 1. The van der Waals surface area contributed by atoms with E-state index >= 15 is 0 Å². The van der Waals surface area contributed by atoms with Gasteiger partial charge in [0.15, 0.2) is 0 Å². The Kier molecular flexibility index (Phi) is 5.54. The minimum atomic E-state index is -0.705. The molecule has 0 unspecified atom stereocenters. The van der Waals surface area contributed by atoms with Crippen molar-refractivity contribution in [2.75, 3.05) is 23.3 Å². The highest BCUT2D eigenvalue weighted by molar-refractivity contribution is 6.05. The van der Waals surface area contributed by atoms with Crippen LogP contribution in [0.4, 0.5) is 15.8 Å².